The van der Waals surface area contributed by atoms with Crippen molar-refractivity contribution in [3.8, 4) is 0 Å². The predicted octanol–water partition coefficient (Wildman–Crippen LogP) is 2.94. The molecule has 0 spiro atoms. The molecule has 0 bridgehead atoms. The summed E-state index contributed by atoms with van der Waals surface area (Å²) in [5.74, 6) is -1.84. The zero-order chi connectivity index (χ0) is 17.6. The van der Waals surface area contributed by atoms with Crippen molar-refractivity contribution < 1.29 is 31.7 Å². The number of carbonyl (C=O) groups excluding carboxylic acids is 1. The van der Waals surface area contributed by atoms with Gasteiger partial charge in [0.2, 0.25) is 0 Å². The second-order valence-corrected chi connectivity index (χ2v) is 10.1. The molecule has 0 heterocycles. The van der Waals surface area contributed by atoms with Crippen LogP contribution in [0, 0.1) is 11.4 Å². The van der Waals surface area contributed by atoms with E-state index >= 15 is 0 Å². The minimum atomic E-state index is -4.49. The zero-order valence-electron chi connectivity index (χ0n) is 12.6. The van der Waals surface area contributed by atoms with Crippen molar-refractivity contribution in [2.24, 2.45) is 11.0 Å². The Bertz CT molecular complexity index is 506. The molecule has 0 aliphatic heterocycles. The lowest BCUT2D eigenvalue weighted by atomic mass is 9.92. The van der Waals surface area contributed by atoms with E-state index in [-0.39, 0.29) is 0 Å². The summed E-state index contributed by atoms with van der Waals surface area (Å²) in [6.45, 7) is 1.92. The van der Waals surface area contributed by atoms with E-state index in [1.165, 1.54) is 26.4 Å². The van der Waals surface area contributed by atoms with Crippen molar-refractivity contribution in [2.75, 3.05) is 25.2 Å². The maximum absolute atomic E-state index is 12.4. The fourth-order valence-electron chi connectivity index (χ4n) is 1.79. The van der Waals surface area contributed by atoms with Gasteiger partial charge in [-0.25, -0.2) is 13.5 Å². The first-order valence-electron chi connectivity index (χ1n) is 5.94. The lowest BCUT2D eigenvalue weighted by Gasteiger charge is -2.36. The van der Waals surface area contributed by atoms with Crippen molar-refractivity contribution in [3.63, 3.8) is 0 Å². The number of ketones is 1. The van der Waals surface area contributed by atoms with Crippen LogP contribution in [0.1, 0.15) is 13.8 Å². The summed E-state index contributed by atoms with van der Waals surface area (Å²) < 4.78 is 33.7. The second-order valence-electron chi connectivity index (χ2n) is 4.61. The van der Waals surface area contributed by atoms with Crippen LogP contribution < -0.4 is 0 Å². The first kappa shape index (κ1) is 22.3. The van der Waals surface area contributed by atoms with Crippen LogP contribution in [0.2, 0.25) is 0 Å². The second kappa shape index (κ2) is 8.94. The highest BCUT2D eigenvalue weighted by Crippen LogP contribution is 2.63. The van der Waals surface area contributed by atoms with Crippen molar-refractivity contribution in [1.82, 2.24) is 0 Å². The van der Waals surface area contributed by atoms with Gasteiger partial charge in [-0.15, -0.1) is 0 Å². The van der Waals surface area contributed by atoms with Crippen LogP contribution in [0.5, 0.6) is 0 Å². The van der Waals surface area contributed by atoms with Gasteiger partial charge < -0.3 is 9.79 Å². The third kappa shape index (κ3) is 5.42. The normalized spacial score (nSPS) is 21.2. The third-order valence-electron chi connectivity index (χ3n) is 3.20. The van der Waals surface area contributed by atoms with Gasteiger partial charge in [-0.3, -0.25) is 13.9 Å². The fourth-order valence-corrected chi connectivity index (χ4v) is 6.63. The molecule has 0 radical (unpaired) electrons. The number of nitrogens with one attached hydrogen (secondary N) is 1. The summed E-state index contributed by atoms with van der Waals surface area (Å²) in [5, 5.41) is 0.944. The van der Waals surface area contributed by atoms with E-state index in [1.807, 2.05) is 0 Å². The molecule has 13 heteroatoms. The number of carbonyl (C=O) groups is 1. The molecule has 130 valence electrons. The summed E-state index contributed by atoms with van der Waals surface area (Å²) in [6, 6.07) is 0. The van der Waals surface area contributed by atoms with Crippen LogP contribution in [0.25, 0.3) is 0 Å². The van der Waals surface area contributed by atoms with Crippen molar-refractivity contribution in [1.29, 1.82) is 5.53 Å². The molecule has 0 saturated heterocycles. The monoisotopic (exact) mass is 394 g/mol. The first-order chi connectivity index (χ1) is 9.98. The molecule has 3 N–H and O–H groups in total. The largest absolute Gasteiger partial charge is 0.352 e. The first-order valence-corrected chi connectivity index (χ1v) is 11.6. The Hall–Kier alpha value is 0.270. The maximum Gasteiger partial charge on any atom is 0.352 e. The van der Waals surface area contributed by atoms with Crippen LogP contribution in [-0.2, 0) is 21.9 Å². The van der Waals surface area contributed by atoms with Gasteiger partial charge in [0.15, 0.2) is 5.78 Å². The van der Waals surface area contributed by atoms with E-state index in [9.17, 15) is 23.7 Å². The van der Waals surface area contributed by atoms with Gasteiger partial charge in [0, 0.05) is 12.5 Å². The minimum Gasteiger partial charge on any atom is -0.324 e. The molecule has 0 aliphatic rings. The summed E-state index contributed by atoms with van der Waals surface area (Å²) >= 11 is 1.29. The summed E-state index contributed by atoms with van der Waals surface area (Å²) in [4.78, 5) is 32.0. The van der Waals surface area contributed by atoms with E-state index < -0.39 is 44.8 Å². The van der Waals surface area contributed by atoms with Gasteiger partial charge in [0.25, 0.3) is 0 Å². The van der Waals surface area contributed by atoms with Crippen LogP contribution in [-0.4, -0.2) is 45.9 Å². The summed E-state index contributed by atoms with van der Waals surface area (Å²) in [5.41, 5.74) is 6.76. The number of hydrogen-bond acceptors (Lipinski definition) is 9. The molecule has 9 nitrogen and oxygen atoms in total. The molecule has 0 aliphatic carbocycles. The molecule has 0 amide bonds. The molecule has 22 heavy (non-hydrogen) atoms. The topological polar surface area (TPSA) is 146 Å². The highest BCUT2D eigenvalue weighted by molar-refractivity contribution is 7.98. The van der Waals surface area contributed by atoms with E-state index in [0.717, 1.165) is 0 Å². The van der Waals surface area contributed by atoms with Gasteiger partial charge >= 0.3 is 15.2 Å². The van der Waals surface area contributed by atoms with Crippen molar-refractivity contribution >= 4 is 45.1 Å². The Balaban J connectivity index is 5.68. The lowest BCUT2D eigenvalue weighted by Crippen LogP contribution is -2.44. The van der Waals surface area contributed by atoms with Gasteiger partial charge in [-0.1, -0.05) is 6.92 Å². The van der Waals surface area contributed by atoms with Crippen LogP contribution >= 0.6 is 39.3 Å². The SMILES string of the molecule is CSOP(=O)(O)CC(C)C(C)(C(=O)CN=N)P(=O)(O)OSC. The summed E-state index contributed by atoms with van der Waals surface area (Å²) in [7, 11) is -8.54. The molecular formula is C9H20N2O7P2S2. The van der Waals surface area contributed by atoms with E-state index in [1.54, 1.807) is 0 Å². The number of nitrogens with zero attached hydrogens (tertiary/aromatic N) is 1. The van der Waals surface area contributed by atoms with E-state index in [4.69, 9.17) is 9.50 Å². The highest BCUT2D eigenvalue weighted by Gasteiger charge is 2.56. The van der Waals surface area contributed by atoms with Gasteiger partial charge in [0.05, 0.1) is 6.16 Å². The smallest absolute Gasteiger partial charge is 0.324 e. The average molecular weight is 394 g/mol. The van der Waals surface area contributed by atoms with Gasteiger partial charge in [-0.2, -0.15) is 5.11 Å². The average Bonchev–Trinajstić information content (AvgIpc) is 2.36. The highest BCUT2D eigenvalue weighted by atomic mass is 32.2. The predicted molar refractivity (Wildman–Crippen MR) is 86.3 cm³/mol. The van der Waals surface area contributed by atoms with E-state index in [0.29, 0.717) is 24.1 Å². The standard InChI is InChI=1S/C9H20N2O7P2S2/c1-7(6-19(13,14)17-21-3)9(2,8(12)5-11-10)20(15,16)18-22-4/h7,10H,5-6H2,1-4H3,(H,13,14)(H,15,16). The van der Waals surface area contributed by atoms with E-state index in [2.05, 4.69) is 9.08 Å². The summed E-state index contributed by atoms with van der Waals surface area (Å²) in [6.07, 6.45) is 2.34. The fraction of sp³-hybridized carbons (Fsp3) is 0.889. The Morgan fingerprint density at radius 2 is 1.82 bits per heavy atom. The van der Waals surface area contributed by atoms with Crippen molar-refractivity contribution in [2.45, 2.75) is 19.0 Å². The Labute approximate surface area is 137 Å². The van der Waals surface area contributed by atoms with Gasteiger partial charge in [0.1, 0.15) is 11.7 Å². The number of hydrogen-bond donors (Lipinski definition) is 3. The maximum atomic E-state index is 12.4. The van der Waals surface area contributed by atoms with Crippen LogP contribution in [0.3, 0.4) is 0 Å². The lowest BCUT2D eigenvalue weighted by molar-refractivity contribution is -0.121. The molecule has 4 atom stereocenters. The van der Waals surface area contributed by atoms with Crippen LogP contribution in [0.4, 0.5) is 0 Å². The third-order valence-corrected chi connectivity index (χ3v) is 9.01. The molecular weight excluding hydrogens is 374 g/mol. The van der Waals surface area contributed by atoms with Gasteiger partial charge in [-0.05, 0) is 36.9 Å². The Morgan fingerprint density at radius 3 is 2.23 bits per heavy atom. The minimum absolute atomic E-state index is 0.517. The number of Topliss-reactive ketones (excluding diaryl/α,β-unsaturated/α-hetero) is 1. The number of rotatable bonds is 11. The molecule has 0 aromatic carbocycles. The zero-order valence-corrected chi connectivity index (χ0v) is 16.0. The quantitative estimate of drug-likeness (QED) is 0.273. The molecule has 0 aromatic heterocycles. The molecule has 0 aromatic rings. The molecule has 0 fully saturated rings. The molecule has 0 rings (SSSR count). The Kier molecular flexibility index (Phi) is 9.05. The van der Waals surface area contributed by atoms with Crippen LogP contribution in [0.15, 0.2) is 5.11 Å². The molecule has 0 saturated carbocycles. The van der Waals surface area contributed by atoms with Crippen molar-refractivity contribution in [3.05, 3.63) is 0 Å². The Morgan fingerprint density at radius 1 is 1.32 bits per heavy atom. The molecule has 4 unspecified atom stereocenters.